The number of nitrogens with zero attached hydrogens (tertiary/aromatic N) is 2. The van der Waals surface area contributed by atoms with Gasteiger partial charge in [0.05, 0.1) is 24.9 Å². The van der Waals surface area contributed by atoms with Crippen molar-refractivity contribution < 1.29 is 14.3 Å². The molecular weight excluding hydrogens is 336 g/mol. The smallest absolute Gasteiger partial charge is 0.246 e. The Kier molecular flexibility index (Phi) is 4.55. The summed E-state index contributed by atoms with van der Waals surface area (Å²) in [7, 11) is 0. The Bertz CT molecular complexity index is 747. The monoisotopic (exact) mass is 356 g/mol. The van der Waals surface area contributed by atoms with Crippen LogP contribution in [-0.4, -0.2) is 47.2 Å². The van der Waals surface area contributed by atoms with Crippen LogP contribution in [0.25, 0.3) is 6.08 Å². The maximum Gasteiger partial charge on any atom is 0.246 e. The highest BCUT2D eigenvalue weighted by molar-refractivity contribution is 7.10. The summed E-state index contributed by atoms with van der Waals surface area (Å²) in [5.74, 6) is 0.809. The Morgan fingerprint density at radius 1 is 1.44 bits per heavy atom. The molecule has 130 valence electrons. The van der Waals surface area contributed by atoms with Crippen LogP contribution < -0.4 is 4.74 Å². The molecule has 2 saturated heterocycles. The van der Waals surface area contributed by atoms with Crippen molar-refractivity contribution >= 4 is 23.3 Å². The van der Waals surface area contributed by atoms with Crippen LogP contribution in [0, 0.1) is 0 Å². The summed E-state index contributed by atoms with van der Waals surface area (Å²) in [6.45, 7) is 1.92. The SMILES string of the molecule is O=C(/C=C/c1cccs1)N1CC[C@]2(C[C@@H](Oc3cccnc3)CO2)C1. The first-order valence-corrected chi connectivity index (χ1v) is 9.32. The largest absolute Gasteiger partial charge is 0.486 e. The van der Waals surface area contributed by atoms with Gasteiger partial charge in [-0.25, -0.2) is 0 Å². The van der Waals surface area contributed by atoms with Crippen molar-refractivity contribution in [1.29, 1.82) is 0 Å². The molecular formula is C19H20N2O3S. The van der Waals surface area contributed by atoms with Gasteiger partial charge in [-0.3, -0.25) is 9.78 Å². The molecule has 2 aromatic heterocycles. The average molecular weight is 356 g/mol. The molecule has 1 amide bonds. The summed E-state index contributed by atoms with van der Waals surface area (Å²) in [5, 5.41) is 2.00. The van der Waals surface area contributed by atoms with E-state index in [1.165, 1.54) is 0 Å². The highest BCUT2D eigenvalue weighted by atomic mass is 32.1. The third-order valence-corrected chi connectivity index (χ3v) is 5.51. The van der Waals surface area contributed by atoms with Crippen molar-refractivity contribution in [1.82, 2.24) is 9.88 Å². The van der Waals surface area contributed by atoms with Gasteiger partial charge in [-0.1, -0.05) is 6.07 Å². The average Bonchev–Trinajstić information content (AvgIpc) is 3.37. The molecule has 0 radical (unpaired) electrons. The molecule has 0 saturated carbocycles. The summed E-state index contributed by atoms with van der Waals surface area (Å²) < 4.78 is 12.0. The van der Waals surface area contributed by atoms with Crippen molar-refractivity contribution in [3.05, 3.63) is 53.0 Å². The molecule has 25 heavy (non-hydrogen) atoms. The van der Waals surface area contributed by atoms with Gasteiger partial charge < -0.3 is 14.4 Å². The number of likely N-dealkylation sites (tertiary alicyclic amines) is 1. The number of aromatic nitrogens is 1. The summed E-state index contributed by atoms with van der Waals surface area (Å²) in [6.07, 6.45) is 8.65. The number of carbonyl (C=O) groups is 1. The second-order valence-electron chi connectivity index (χ2n) is 6.49. The van der Waals surface area contributed by atoms with E-state index >= 15 is 0 Å². The molecule has 5 nitrogen and oxygen atoms in total. The predicted molar refractivity (Wildman–Crippen MR) is 96.5 cm³/mol. The van der Waals surface area contributed by atoms with Gasteiger partial charge in [-0.15, -0.1) is 11.3 Å². The van der Waals surface area contributed by atoms with Crippen LogP contribution in [-0.2, 0) is 9.53 Å². The lowest BCUT2D eigenvalue weighted by Crippen LogP contribution is -2.35. The molecule has 0 bridgehead atoms. The first-order chi connectivity index (χ1) is 12.2. The predicted octanol–water partition coefficient (Wildman–Crippen LogP) is 3.00. The van der Waals surface area contributed by atoms with Crippen LogP contribution in [0.5, 0.6) is 5.75 Å². The Hall–Kier alpha value is -2.18. The van der Waals surface area contributed by atoms with Crippen LogP contribution in [0.15, 0.2) is 48.1 Å². The van der Waals surface area contributed by atoms with E-state index in [0.717, 1.165) is 30.0 Å². The second kappa shape index (κ2) is 6.98. The molecule has 0 aliphatic carbocycles. The number of pyridine rings is 1. The summed E-state index contributed by atoms with van der Waals surface area (Å²) in [4.78, 5) is 19.4. The minimum atomic E-state index is -0.265. The minimum absolute atomic E-state index is 0.0147. The number of ether oxygens (including phenoxy) is 2. The molecule has 4 rings (SSSR count). The first kappa shape index (κ1) is 16.3. The van der Waals surface area contributed by atoms with Crippen LogP contribution in [0.3, 0.4) is 0 Å². The second-order valence-corrected chi connectivity index (χ2v) is 7.46. The first-order valence-electron chi connectivity index (χ1n) is 8.44. The number of hydrogen-bond acceptors (Lipinski definition) is 5. The lowest BCUT2D eigenvalue weighted by Gasteiger charge is -2.22. The van der Waals surface area contributed by atoms with Crippen molar-refractivity contribution in [3.8, 4) is 5.75 Å². The number of hydrogen-bond donors (Lipinski definition) is 0. The quantitative estimate of drug-likeness (QED) is 0.791. The molecule has 6 heteroatoms. The van der Waals surface area contributed by atoms with E-state index in [4.69, 9.17) is 9.47 Å². The van der Waals surface area contributed by atoms with Gasteiger partial charge in [0.25, 0.3) is 0 Å². The third kappa shape index (κ3) is 3.75. The van der Waals surface area contributed by atoms with Crippen molar-refractivity contribution in [2.45, 2.75) is 24.5 Å². The highest BCUT2D eigenvalue weighted by Crippen LogP contribution is 2.36. The fourth-order valence-corrected chi connectivity index (χ4v) is 4.07. The molecule has 1 spiro atoms. The lowest BCUT2D eigenvalue weighted by atomic mass is 9.98. The van der Waals surface area contributed by atoms with E-state index in [2.05, 4.69) is 4.98 Å². The Labute approximate surface area is 150 Å². The van der Waals surface area contributed by atoms with E-state index < -0.39 is 0 Å². The van der Waals surface area contributed by atoms with Gasteiger partial charge in [0.15, 0.2) is 0 Å². The fourth-order valence-electron chi connectivity index (χ4n) is 3.45. The van der Waals surface area contributed by atoms with E-state index in [9.17, 15) is 4.79 Å². The normalized spacial score (nSPS) is 25.9. The Balaban J connectivity index is 1.33. The fraction of sp³-hybridized carbons (Fsp3) is 0.368. The molecule has 2 atom stereocenters. The van der Waals surface area contributed by atoms with E-state index in [1.54, 1.807) is 29.8 Å². The minimum Gasteiger partial charge on any atom is -0.486 e. The maximum atomic E-state index is 12.4. The Morgan fingerprint density at radius 3 is 3.20 bits per heavy atom. The van der Waals surface area contributed by atoms with Crippen molar-refractivity contribution in [3.63, 3.8) is 0 Å². The van der Waals surface area contributed by atoms with Gasteiger partial charge in [0, 0.05) is 30.1 Å². The van der Waals surface area contributed by atoms with Crippen LogP contribution in [0.2, 0.25) is 0 Å². The molecule has 2 aliphatic rings. The third-order valence-electron chi connectivity index (χ3n) is 4.67. The van der Waals surface area contributed by atoms with Gasteiger partial charge in [0.1, 0.15) is 11.9 Å². The Morgan fingerprint density at radius 2 is 2.40 bits per heavy atom. The molecule has 2 aliphatic heterocycles. The van der Waals surface area contributed by atoms with E-state index in [-0.39, 0.29) is 17.6 Å². The molecule has 0 unspecified atom stereocenters. The summed E-state index contributed by atoms with van der Waals surface area (Å²) >= 11 is 1.62. The zero-order chi connectivity index (χ0) is 17.1. The standard InChI is InChI=1S/C19H20N2O3S/c22-18(6-5-17-4-2-10-25-17)21-9-7-19(14-21)11-16(13-23-19)24-15-3-1-8-20-12-15/h1-6,8,10,12,16H,7,9,11,13-14H2/b6-5+/t16-,19+/m1/s1. The van der Waals surface area contributed by atoms with Crippen LogP contribution in [0.1, 0.15) is 17.7 Å². The van der Waals surface area contributed by atoms with Crippen LogP contribution in [0.4, 0.5) is 0 Å². The molecule has 0 N–H and O–H groups in total. The molecule has 0 aromatic carbocycles. The van der Waals surface area contributed by atoms with Crippen molar-refractivity contribution in [2.75, 3.05) is 19.7 Å². The van der Waals surface area contributed by atoms with E-state index in [0.29, 0.717) is 13.2 Å². The summed E-state index contributed by atoms with van der Waals surface area (Å²) in [6, 6.07) is 7.74. The molecule has 2 fully saturated rings. The number of amides is 1. The zero-order valence-electron chi connectivity index (χ0n) is 13.8. The molecule has 4 heterocycles. The van der Waals surface area contributed by atoms with Gasteiger partial charge in [-0.05, 0) is 36.1 Å². The lowest BCUT2D eigenvalue weighted by molar-refractivity contribution is -0.126. The molecule has 2 aromatic rings. The van der Waals surface area contributed by atoms with Gasteiger partial charge in [0.2, 0.25) is 5.91 Å². The zero-order valence-corrected chi connectivity index (χ0v) is 14.7. The number of thiophene rings is 1. The van der Waals surface area contributed by atoms with E-state index in [1.807, 2.05) is 40.6 Å². The van der Waals surface area contributed by atoms with Gasteiger partial charge >= 0.3 is 0 Å². The van der Waals surface area contributed by atoms with Crippen molar-refractivity contribution in [2.24, 2.45) is 0 Å². The summed E-state index contributed by atoms with van der Waals surface area (Å²) in [5.41, 5.74) is -0.265. The maximum absolute atomic E-state index is 12.4. The highest BCUT2D eigenvalue weighted by Gasteiger charge is 2.47. The number of carbonyl (C=O) groups excluding carboxylic acids is 1. The van der Waals surface area contributed by atoms with Crippen LogP contribution >= 0.6 is 11.3 Å². The number of rotatable bonds is 4. The topological polar surface area (TPSA) is 51.7 Å². The van der Waals surface area contributed by atoms with Gasteiger partial charge in [-0.2, -0.15) is 0 Å².